The highest BCUT2D eigenvalue weighted by Crippen LogP contribution is 2.40. The molecule has 2 unspecified atom stereocenters. The van der Waals surface area contributed by atoms with Crippen molar-refractivity contribution in [3.8, 4) is 5.75 Å². The molecule has 1 N–H and O–H groups in total. The van der Waals surface area contributed by atoms with Gasteiger partial charge in [0.2, 0.25) is 0 Å². The van der Waals surface area contributed by atoms with Crippen LogP contribution in [0.15, 0.2) is 18.2 Å². The predicted octanol–water partition coefficient (Wildman–Crippen LogP) is 1.65. The highest BCUT2D eigenvalue weighted by molar-refractivity contribution is 6.04. The smallest absolute Gasteiger partial charge is 0.255 e. The molecule has 0 bridgehead atoms. The summed E-state index contributed by atoms with van der Waals surface area (Å²) < 4.78 is 5.46. The largest absolute Gasteiger partial charge is 0.491 e. The van der Waals surface area contributed by atoms with E-state index in [2.05, 4.69) is 12.2 Å². The molecule has 4 heteroatoms. The number of carbonyl (C=O) groups is 2. The average Bonchev–Trinajstić information content (AvgIpc) is 3.12. The second-order valence-corrected chi connectivity index (χ2v) is 5.00. The van der Waals surface area contributed by atoms with Crippen molar-refractivity contribution in [1.82, 2.24) is 5.32 Å². The summed E-state index contributed by atoms with van der Waals surface area (Å²) in [4.78, 5) is 24.0. The third kappa shape index (κ3) is 1.88. The van der Waals surface area contributed by atoms with Crippen LogP contribution < -0.4 is 10.1 Å². The van der Waals surface area contributed by atoms with Crippen molar-refractivity contribution in [1.29, 1.82) is 0 Å². The minimum atomic E-state index is -0.166. The Bertz CT molecular complexity index is 524. The van der Waals surface area contributed by atoms with Gasteiger partial charge in [0.05, 0.1) is 12.1 Å². The van der Waals surface area contributed by atoms with Gasteiger partial charge in [-0.05, 0) is 30.5 Å². The van der Waals surface area contributed by atoms with Crippen LogP contribution in [0.25, 0.3) is 0 Å². The third-order valence-corrected chi connectivity index (χ3v) is 3.60. The van der Waals surface area contributed by atoms with Gasteiger partial charge in [-0.15, -0.1) is 0 Å². The van der Waals surface area contributed by atoms with E-state index < -0.39 is 0 Å². The number of ketones is 1. The Morgan fingerprint density at radius 2 is 2.22 bits per heavy atom. The number of nitrogens with one attached hydrogen (secondary N) is 1. The molecule has 3 rings (SSSR count). The van der Waals surface area contributed by atoms with Crippen LogP contribution in [0.2, 0.25) is 0 Å². The zero-order valence-corrected chi connectivity index (χ0v) is 10.2. The predicted molar refractivity (Wildman–Crippen MR) is 65.9 cm³/mol. The maximum absolute atomic E-state index is 12.1. The summed E-state index contributed by atoms with van der Waals surface area (Å²) >= 11 is 0. The molecule has 4 nitrogen and oxygen atoms in total. The molecule has 2 atom stereocenters. The lowest BCUT2D eigenvalue weighted by atomic mass is 10.0. The first-order valence-corrected chi connectivity index (χ1v) is 6.26. The molecule has 2 aliphatic rings. The molecule has 1 saturated carbocycles. The van der Waals surface area contributed by atoms with Gasteiger partial charge in [-0.3, -0.25) is 9.59 Å². The zero-order valence-electron chi connectivity index (χ0n) is 10.2. The molecular formula is C14H15NO3. The number of Topliss-reactive ketones (excluding diaryl/α,β-unsaturated/α-hetero) is 1. The normalized spacial score (nSPS) is 25.5. The van der Waals surface area contributed by atoms with E-state index in [1.807, 2.05) is 0 Å². The monoisotopic (exact) mass is 245 g/mol. The van der Waals surface area contributed by atoms with Crippen molar-refractivity contribution >= 4 is 11.7 Å². The minimum Gasteiger partial charge on any atom is -0.491 e. The molecule has 1 heterocycles. The van der Waals surface area contributed by atoms with Gasteiger partial charge in [-0.25, -0.2) is 0 Å². The van der Waals surface area contributed by atoms with Gasteiger partial charge in [0.25, 0.3) is 5.91 Å². The van der Waals surface area contributed by atoms with Gasteiger partial charge in [-0.2, -0.15) is 0 Å². The fourth-order valence-electron chi connectivity index (χ4n) is 2.31. The number of hydrogen-bond donors (Lipinski definition) is 1. The van der Waals surface area contributed by atoms with Gasteiger partial charge in [-0.1, -0.05) is 6.92 Å². The molecule has 0 saturated heterocycles. The molecule has 1 amide bonds. The summed E-state index contributed by atoms with van der Waals surface area (Å²) in [5.41, 5.74) is 1.08. The van der Waals surface area contributed by atoms with E-state index in [4.69, 9.17) is 4.74 Å². The van der Waals surface area contributed by atoms with Crippen LogP contribution in [-0.2, 0) is 0 Å². The van der Waals surface area contributed by atoms with E-state index in [1.54, 1.807) is 18.2 Å². The molecule has 1 aromatic carbocycles. The lowest BCUT2D eigenvalue weighted by molar-refractivity contribution is 0.0957. The molecule has 1 aliphatic heterocycles. The Morgan fingerprint density at radius 1 is 1.44 bits per heavy atom. The van der Waals surface area contributed by atoms with Gasteiger partial charge in [0.15, 0.2) is 5.78 Å². The van der Waals surface area contributed by atoms with Crippen molar-refractivity contribution in [2.75, 3.05) is 13.2 Å². The summed E-state index contributed by atoms with van der Waals surface area (Å²) in [5.74, 6) is 1.15. The first-order valence-electron chi connectivity index (χ1n) is 6.26. The molecule has 1 fully saturated rings. The number of benzene rings is 1. The molecule has 18 heavy (non-hydrogen) atoms. The SMILES string of the molecule is CC1CC1C(=O)c1ccc2c(c1)C(=O)NCCO2. The average molecular weight is 245 g/mol. The van der Waals surface area contributed by atoms with E-state index >= 15 is 0 Å². The number of carbonyl (C=O) groups excluding carboxylic acids is 2. The quantitative estimate of drug-likeness (QED) is 0.806. The molecule has 1 aliphatic carbocycles. The van der Waals surface area contributed by atoms with Crippen molar-refractivity contribution in [3.63, 3.8) is 0 Å². The highest BCUT2D eigenvalue weighted by Gasteiger charge is 2.39. The Hall–Kier alpha value is -1.84. The van der Waals surface area contributed by atoms with Crippen LogP contribution in [-0.4, -0.2) is 24.8 Å². The summed E-state index contributed by atoms with van der Waals surface area (Å²) in [7, 11) is 0. The van der Waals surface area contributed by atoms with Crippen LogP contribution in [0, 0.1) is 11.8 Å². The van der Waals surface area contributed by atoms with E-state index in [-0.39, 0.29) is 17.6 Å². The van der Waals surface area contributed by atoms with E-state index in [0.29, 0.717) is 35.9 Å². The van der Waals surface area contributed by atoms with Crippen LogP contribution in [0.1, 0.15) is 34.1 Å². The van der Waals surface area contributed by atoms with Crippen LogP contribution >= 0.6 is 0 Å². The van der Waals surface area contributed by atoms with Gasteiger partial charge < -0.3 is 10.1 Å². The Kier molecular flexibility index (Phi) is 2.58. The van der Waals surface area contributed by atoms with Gasteiger partial charge in [0.1, 0.15) is 12.4 Å². The molecule has 0 radical (unpaired) electrons. The van der Waals surface area contributed by atoms with Crippen LogP contribution in [0.3, 0.4) is 0 Å². The van der Waals surface area contributed by atoms with E-state index in [1.165, 1.54) is 0 Å². The lowest BCUT2D eigenvalue weighted by Crippen LogP contribution is -2.24. The van der Waals surface area contributed by atoms with Crippen molar-refractivity contribution in [3.05, 3.63) is 29.3 Å². The van der Waals surface area contributed by atoms with E-state index in [9.17, 15) is 9.59 Å². The number of hydrogen-bond acceptors (Lipinski definition) is 3. The second-order valence-electron chi connectivity index (χ2n) is 5.00. The molecule has 0 spiro atoms. The molecule has 94 valence electrons. The number of ether oxygens (including phenoxy) is 1. The maximum atomic E-state index is 12.1. The molecular weight excluding hydrogens is 230 g/mol. The highest BCUT2D eigenvalue weighted by atomic mass is 16.5. The molecule has 0 aromatic heterocycles. The Balaban J connectivity index is 1.94. The first kappa shape index (κ1) is 11.3. The summed E-state index contributed by atoms with van der Waals surface area (Å²) in [5, 5.41) is 2.75. The van der Waals surface area contributed by atoms with Crippen molar-refractivity contribution < 1.29 is 14.3 Å². The number of rotatable bonds is 2. The Morgan fingerprint density at radius 3 is 2.94 bits per heavy atom. The Labute approximate surface area is 105 Å². The molecule has 1 aromatic rings. The minimum absolute atomic E-state index is 0.137. The van der Waals surface area contributed by atoms with Crippen molar-refractivity contribution in [2.45, 2.75) is 13.3 Å². The number of fused-ring (bicyclic) bond motifs is 1. The third-order valence-electron chi connectivity index (χ3n) is 3.60. The summed E-state index contributed by atoms with van der Waals surface area (Å²) in [6.45, 7) is 3.03. The fraction of sp³-hybridized carbons (Fsp3) is 0.429. The van der Waals surface area contributed by atoms with Crippen molar-refractivity contribution in [2.24, 2.45) is 11.8 Å². The fourth-order valence-corrected chi connectivity index (χ4v) is 2.31. The second kappa shape index (κ2) is 4.12. The maximum Gasteiger partial charge on any atom is 0.255 e. The van der Waals surface area contributed by atoms with Gasteiger partial charge >= 0.3 is 0 Å². The number of amides is 1. The first-order chi connectivity index (χ1) is 8.66. The van der Waals surface area contributed by atoms with Crippen LogP contribution in [0.5, 0.6) is 5.75 Å². The standard InChI is InChI=1S/C14H15NO3/c1-8-6-10(8)13(16)9-2-3-12-11(7-9)14(17)15-4-5-18-12/h2-3,7-8,10H,4-6H2,1H3,(H,15,17). The van der Waals surface area contributed by atoms with E-state index in [0.717, 1.165) is 6.42 Å². The summed E-state index contributed by atoms with van der Waals surface area (Å²) in [6, 6.07) is 5.13. The van der Waals surface area contributed by atoms with Gasteiger partial charge in [0, 0.05) is 11.5 Å². The van der Waals surface area contributed by atoms with Crippen LogP contribution in [0.4, 0.5) is 0 Å². The lowest BCUT2D eigenvalue weighted by Gasteiger charge is -2.07. The topological polar surface area (TPSA) is 55.4 Å². The zero-order chi connectivity index (χ0) is 12.7. The summed E-state index contributed by atoms with van der Waals surface area (Å²) in [6.07, 6.45) is 0.957.